The van der Waals surface area contributed by atoms with E-state index in [0.717, 1.165) is 6.08 Å². The van der Waals surface area contributed by atoms with Crippen molar-refractivity contribution in [2.75, 3.05) is 19.8 Å². The van der Waals surface area contributed by atoms with Crippen molar-refractivity contribution in [3.05, 3.63) is 24.8 Å². The molecule has 0 atom stereocenters. The molecule has 0 aromatic heterocycles. The van der Waals surface area contributed by atoms with Gasteiger partial charge in [-0.05, 0) is 6.08 Å². The fraction of sp³-hybridized carbons (Fsp3) is 0.400. The molecule has 6 heteroatoms. The zero-order chi connectivity index (χ0) is 13.0. The van der Waals surface area contributed by atoms with Gasteiger partial charge in [0.05, 0.1) is 6.61 Å². The number of nitrogens with two attached hydrogens (primary N) is 1. The Morgan fingerprint density at radius 1 is 1.31 bits per heavy atom. The van der Waals surface area contributed by atoms with Gasteiger partial charge in [-0.1, -0.05) is 13.2 Å². The standard InChI is InChI=1S/2C5H9NO2/c1-4(2-3-7)5(6)8;1-2-5(8)6-3-4-7/h7H,1-3H2,(H2,6,8);2,7H,1,3-4H2,(H,6,8). The minimum absolute atomic E-state index is 0.0282. The topological polar surface area (TPSA) is 113 Å². The largest absolute Gasteiger partial charge is 0.396 e. The number of nitrogens with one attached hydrogen (secondary N) is 1. The summed E-state index contributed by atoms with van der Waals surface area (Å²) in [6.07, 6.45) is 1.44. The monoisotopic (exact) mass is 230 g/mol. The van der Waals surface area contributed by atoms with Crippen molar-refractivity contribution < 1.29 is 19.8 Å². The summed E-state index contributed by atoms with van der Waals surface area (Å²) in [5.74, 6) is -0.793. The van der Waals surface area contributed by atoms with E-state index < -0.39 is 5.91 Å². The highest BCUT2D eigenvalue weighted by molar-refractivity contribution is 5.91. The first-order chi connectivity index (χ1) is 7.49. The van der Waals surface area contributed by atoms with E-state index in [9.17, 15) is 9.59 Å². The minimum atomic E-state index is -0.543. The highest BCUT2D eigenvalue weighted by Gasteiger charge is 1.97. The molecule has 0 fully saturated rings. The lowest BCUT2D eigenvalue weighted by atomic mass is 10.2. The molecular weight excluding hydrogens is 212 g/mol. The number of amides is 2. The van der Waals surface area contributed by atoms with Gasteiger partial charge in [-0.25, -0.2) is 0 Å². The van der Waals surface area contributed by atoms with Crippen LogP contribution in [0.2, 0.25) is 0 Å². The average Bonchev–Trinajstić information content (AvgIpc) is 2.27. The molecule has 0 unspecified atom stereocenters. The number of carbonyl (C=O) groups excluding carboxylic acids is 2. The molecule has 6 nitrogen and oxygen atoms in total. The van der Waals surface area contributed by atoms with Crippen LogP contribution in [0.5, 0.6) is 0 Å². The van der Waals surface area contributed by atoms with Crippen molar-refractivity contribution in [3.8, 4) is 0 Å². The van der Waals surface area contributed by atoms with Gasteiger partial charge in [0.15, 0.2) is 0 Å². The molecule has 2 amide bonds. The second kappa shape index (κ2) is 11.4. The Kier molecular flexibility index (Phi) is 12.0. The summed E-state index contributed by atoms with van der Waals surface area (Å²) < 4.78 is 0. The van der Waals surface area contributed by atoms with Crippen molar-refractivity contribution in [1.29, 1.82) is 0 Å². The zero-order valence-corrected chi connectivity index (χ0v) is 9.11. The van der Waals surface area contributed by atoms with Crippen LogP contribution in [0.1, 0.15) is 6.42 Å². The maximum absolute atomic E-state index is 10.2. The first kappa shape index (κ1) is 16.8. The molecule has 0 aliphatic rings. The molecule has 0 saturated carbocycles. The second-order valence-corrected chi connectivity index (χ2v) is 2.66. The highest BCUT2D eigenvalue weighted by Crippen LogP contribution is 1.92. The van der Waals surface area contributed by atoms with Gasteiger partial charge in [-0.2, -0.15) is 0 Å². The Balaban J connectivity index is 0. The molecule has 0 saturated heterocycles. The molecule has 0 aliphatic heterocycles. The number of hydrogen-bond acceptors (Lipinski definition) is 4. The zero-order valence-electron chi connectivity index (χ0n) is 9.11. The second-order valence-electron chi connectivity index (χ2n) is 2.66. The maximum atomic E-state index is 10.2. The summed E-state index contributed by atoms with van der Waals surface area (Å²) in [6.45, 7) is 6.73. The third-order valence-electron chi connectivity index (χ3n) is 1.36. The van der Waals surface area contributed by atoms with E-state index in [1.54, 1.807) is 0 Å². The van der Waals surface area contributed by atoms with E-state index in [4.69, 9.17) is 15.9 Å². The summed E-state index contributed by atoms with van der Waals surface area (Å²) in [6, 6.07) is 0. The van der Waals surface area contributed by atoms with Crippen LogP contribution in [0.25, 0.3) is 0 Å². The van der Waals surface area contributed by atoms with E-state index in [-0.39, 0.29) is 31.1 Å². The van der Waals surface area contributed by atoms with Crippen LogP contribution in [0.4, 0.5) is 0 Å². The fourth-order valence-electron chi connectivity index (χ4n) is 0.509. The predicted molar refractivity (Wildman–Crippen MR) is 60.3 cm³/mol. The Bertz CT molecular complexity index is 249. The van der Waals surface area contributed by atoms with Gasteiger partial charge in [-0.15, -0.1) is 0 Å². The van der Waals surface area contributed by atoms with Crippen LogP contribution < -0.4 is 11.1 Å². The van der Waals surface area contributed by atoms with Gasteiger partial charge in [-0.3, -0.25) is 9.59 Å². The molecule has 0 aromatic rings. The molecule has 0 aliphatic carbocycles. The lowest BCUT2D eigenvalue weighted by Gasteiger charge is -1.94. The third kappa shape index (κ3) is 12.3. The highest BCUT2D eigenvalue weighted by atomic mass is 16.3. The lowest BCUT2D eigenvalue weighted by Crippen LogP contribution is -2.23. The average molecular weight is 230 g/mol. The van der Waals surface area contributed by atoms with Gasteiger partial charge in [0.25, 0.3) is 0 Å². The molecular formula is C10H18N2O4. The molecule has 0 bridgehead atoms. The van der Waals surface area contributed by atoms with E-state index in [2.05, 4.69) is 18.5 Å². The van der Waals surface area contributed by atoms with Crippen molar-refractivity contribution in [3.63, 3.8) is 0 Å². The third-order valence-corrected chi connectivity index (χ3v) is 1.36. The Hall–Kier alpha value is -1.66. The molecule has 0 heterocycles. The van der Waals surface area contributed by atoms with E-state index in [1.165, 1.54) is 0 Å². The number of carbonyl (C=O) groups is 2. The first-order valence-electron chi connectivity index (χ1n) is 4.59. The van der Waals surface area contributed by atoms with Crippen LogP contribution >= 0.6 is 0 Å². The normalized spacial score (nSPS) is 8.38. The van der Waals surface area contributed by atoms with Crippen molar-refractivity contribution >= 4 is 11.8 Å². The number of aliphatic hydroxyl groups is 2. The SMILES string of the molecule is C=C(CCO)C(N)=O.C=CC(=O)NCCO. The van der Waals surface area contributed by atoms with Gasteiger partial charge in [0, 0.05) is 25.1 Å². The van der Waals surface area contributed by atoms with Crippen LogP contribution in [0.15, 0.2) is 24.8 Å². The van der Waals surface area contributed by atoms with E-state index in [0.29, 0.717) is 6.54 Å². The van der Waals surface area contributed by atoms with Crippen molar-refractivity contribution in [1.82, 2.24) is 5.32 Å². The Morgan fingerprint density at radius 2 is 1.88 bits per heavy atom. The van der Waals surface area contributed by atoms with Gasteiger partial charge in [0.1, 0.15) is 0 Å². The van der Waals surface area contributed by atoms with E-state index in [1.807, 2.05) is 0 Å². The molecule has 0 rings (SSSR count). The quantitative estimate of drug-likeness (QED) is 0.424. The van der Waals surface area contributed by atoms with Crippen LogP contribution in [-0.4, -0.2) is 41.8 Å². The van der Waals surface area contributed by atoms with Crippen molar-refractivity contribution in [2.24, 2.45) is 5.73 Å². The smallest absolute Gasteiger partial charge is 0.244 e. The molecule has 0 radical (unpaired) electrons. The first-order valence-corrected chi connectivity index (χ1v) is 4.59. The molecule has 0 spiro atoms. The summed E-state index contributed by atoms with van der Waals surface area (Å²) in [4.78, 5) is 20.3. The maximum Gasteiger partial charge on any atom is 0.244 e. The fourth-order valence-corrected chi connectivity index (χ4v) is 0.509. The van der Waals surface area contributed by atoms with E-state index >= 15 is 0 Å². The van der Waals surface area contributed by atoms with Crippen LogP contribution in [-0.2, 0) is 9.59 Å². The number of hydrogen-bond donors (Lipinski definition) is 4. The van der Waals surface area contributed by atoms with Crippen molar-refractivity contribution in [2.45, 2.75) is 6.42 Å². The summed E-state index contributed by atoms with van der Waals surface area (Å²) in [5, 5.41) is 18.8. The molecule has 92 valence electrons. The number of rotatable bonds is 6. The lowest BCUT2D eigenvalue weighted by molar-refractivity contribution is -0.116. The van der Waals surface area contributed by atoms with Gasteiger partial charge < -0.3 is 21.3 Å². The van der Waals surface area contributed by atoms with Crippen LogP contribution in [0, 0.1) is 0 Å². The van der Waals surface area contributed by atoms with Crippen LogP contribution in [0.3, 0.4) is 0 Å². The Morgan fingerprint density at radius 3 is 2.12 bits per heavy atom. The Labute approximate surface area is 94.5 Å². The number of aliphatic hydroxyl groups excluding tert-OH is 2. The minimum Gasteiger partial charge on any atom is -0.396 e. The summed E-state index contributed by atoms with van der Waals surface area (Å²) in [5.41, 5.74) is 5.04. The summed E-state index contributed by atoms with van der Waals surface area (Å²) >= 11 is 0. The molecule has 0 aromatic carbocycles. The number of primary amides is 1. The summed E-state index contributed by atoms with van der Waals surface area (Å²) in [7, 11) is 0. The molecule has 5 N–H and O–H groups in total. The van der Waals surface area contributed by atoms with Gasteiger partial charge >= 0.3 is 0 Å². The molecule has 16 heavy (non-hydrogen) atoms. The van der Waals surface area contributed by atoms with Gasteiger partial charge in [0.2, 0.25) is 11.8 Å². The predicted octanol–water partition coefficient (Wildman–Crippen LogP) is -1.31.